The molecule has 2 rings (SSSR count). The monoisotopic (exact) mass is 407 g/mol. The zero-order chi connectivity index (χ0) is 19.3. The van der Waals surface area contributed by atoms with E-state index in [1.807, 2.05) is 6.07 Å². The van der Waals surface area contributed by atoms with Crippen molar-refractivity contribution in [3.05, 3.63) is 33.4 Å². The summed E-state index contributed by atoms with van der Waals surface area (Å²) in [6, 6.07) is 3.71. The number of nitrogens with one attached hydrogen (secondary N) is 1. The summed E-state index contributed by atoms with van der Waals surface area (Å²) in [5.74, 6) is -0.200. The number of aliphatic hydroxyl groups is 1. The Morgan fingerprint density at radius 1 is 1.23 bits per heavy atom. The second kappa shape index (κ2) is 8.62. The highest BCUT2D eigenvalue weighted by atomic mass is 35.5. The topological polar surface area (TPSA) is 82.1 Å². The lowest BCUT2D eigenvalue weighted by Crippen LogP contribution is -2.06. The second-order valence-corrected chi connectivity index (χ2v) is 6.15. The Bertz CT molecular complexity index is 816. The fourth-order valence-corrected chi connectivity index (χ4v) is 2.71. The summed E-state index contributed by atoms with van der Waals surface area (Å²) in [6.45, 7) is 0.533. The zero-order valence-electron chi connectivity index (χ0n) is 13.3. The van der Waals surface area contributed by atoms with Crippen molar-refractivity contribution in [2.24, 2.45) is 0 Å². The van der Waals surface area contributed by atoms with Gasteiger partial charge in [-0.05, 0) is 31.4 Å². The molecule has 0 spiro atoms. The van der Waals surface area contributed by atoms with Gasteiger partial charge < -0.3 is 14.8 Å². The summed E-state index contributed by atoms with van der Waals surface area (Å²) in [4.78, 5) is 3.90. The molecule has 1 aromatic heterocycles. The van der Waals surface area contributed by atoms with Crippen LogP contribution in [0.1, 0.15) is 30.5 Å². The molecule has 1 heterocycles. The summed E-state index contributed by atoms with van der Waals surface area (Å²) in [5, 5.41) is 19.9. The van der Waals surface area contributed by atoms with Gasteiger partial charge in [-0.1, -0.05) is 23.2 Å². The molecule has 0 bridgehead atoms. The molecular weight excluding hydrogens is 394 g/mol. The Hall–Kier alpha value is -1.95. The third-order valence-corrected chi connectivity index (χ3v) is 4.05. The van der Waals surface area contributed by atoms with Gasteiger partial charge in [-0.3, -0.25) is 0 Å². The van der Waals surface area contributed by atoms with Crippen molar-refractivity contribution in [3.8, 4) is 17.5 Å². The number of benzene rings is 1. The van der Waals surface area contributed by atoms with Crippen molar-refractivity contribution >= 4 is 29.1 Å². The molecule has 0 unspecified atom stereocenters. The number of nitrogens with zero attached hydrogens (tertiary/aromatic N) is 2. The molecule has 2 aromatic rings. The minimum Gasteiger partial charge on any atom is -0.419 e. The van der Waals surface area contributed by atoms with Crippen LogP contribution >= 0.6 is 23.2 Å². The first-order chi connectivity index (χ1) is 12.3. The van der Waals surface area contributed by atoms with Gasteiger partial charge in [-0.25, -0.2) is 0 Å². The predicted octanol–water partition coefficient (Wildman–Crippen LogP) is 5.11. The van der Waals surface area contributed by atoms with Crippen molar-refractivity contribution in [2.45, 2.75) is 25.4 Å². The first-order valence-corrected chi connectivity index (χ1v) is 8.35. The van der Waals surface area contributed by atoms with Crippen LogP contribution in [0.15, 0.2) is 16.5 Å². The smallest absolute Gasteiger partial charge is 0.417 e. The number of anilines is 1. The van der Waals surface area contributed by atoms with Gasteiger partial charge in [0.05, 0.1) is 16.1 Å². The SMILES string of the molecule is N#Cc1nc(-c2cc(Cl)cc(C(F)(F)F)c2Cl)oc1NCCCCCO. The zero-order valence-corrected chi connectivity index (χ0v) is 14.8. The molecular formula is C16H14Cl2F3N3O2. The van der Waals surface area contributed by atoms with Crippen LogP contribution in [0.3, 0.4) is 0 Å². The molecule has 5 nitrogen and oxygen atoms in total. The highest BCUT2D eigenvalue weighted by molar-refractivity contribution is 6.36. The number of oxazole rings is 1. The summed E-state index contributed by atoms with van der Waals surface area (Å²) in [5.41, 5.74) is -1.38. The van der Waals surface area contributed by atoms with E-state index in [2.05, 4.69) is 10.3 Å². The molecule has 2 N–H and O–H groups in total. The van der Waals surface area contributed by atoms with Crippen molar-refractivity contribution in [1.82, 2.24) is 4.98 Å². The molecule has 10 heteroatoms. The average Bonchev–Trinajstić information content (AvgIpc) is 2.98. The van der Waals surface area contributed by atoms with Gasteiger partial charge in [0, 0.05) is 18.2 Å². The van der Waals surface area contributed by atoms with Gasteiger partial charge in [0.1, 0.15) is 6.07 Å². The number of unbranched alkanes of at least 4 members (excludes halogenated alkanes) is 2. The standard InChI is InChI=1S/C16H14Cl2F3N3O2/c17-9-6-10(13(18)11(7-9)16(19,20)21)14-24-12(8-22)15(26-14)23-4-2-1-3-5-25/h6-7,23,25H,1-5H2. The Kier molecular flexibility index (Phi) is 6.75. The number of aromatic nitrogens is 1. The van der Waals surface area contributed by atoms with E-state index in [1.54, 1.807) is 0 Å². The van der Waals surface area contributed by atoms with Crippen LogP contribution in [0, 0.1) is 11.3 Å². The highest BCUT2D eigenvalue weighted by Gasteiger charge is 2.35. The number of rotatable bonds is 7. The molecule has 140 valence electrons. The molecule has 0 aliphatic heterocycles. The summed E-state index contributed by atoms with van der Waals surface area (Å²) >= 11 is 11.6. The van der Waals surface area contributed by atoms with Crippen molar-refractivity contribution in [1.29, 1.82) is 5.26 Å². The fraction of sp³-hybridized carbons (Fsp3) is 0.375. The maximum Gasteiger partial charge on any atom is 0.417 e. The molecule has 26 heavy (non-hydrogen) atoms. The average molecular weight is 408 g/mol. The van der Waals surface area contributed by atoms with E-state index in [-0.39, 0.29) is 34.7 Å². The molecule has 0 aliphatic carbocycles. The third-order valence-electron chi connectivity index (χ3n) is 3.43. The number of nitriles is 1. The minimum atomic E-state index is -4.70. The maximum atomic E-state index is 13.1. The van der Waals surface area contributed by atoms with E-state index >= 15 is 0 Å². The quantitative estimate of drug-likeness (QED) is 0.622. The third kappa shape index (κ3) is 4.81. The van der Waals surface area contributed by atoms with Crippen LogP contribution in [-0.4, -0.2) is 23.2 Å². The van der Waals surface area contributed by atoms with E-state index in [4.69, 9.17) is 38.0 Å². The van der Waals surface area contributed by atoms with Gasteiger partial charge in [-0.15, -0.1) is 0 Å². The number of alkyl halides is 3. The van der Waals surface area contributed by atoms with Gasteiger partial charge in [0.2, 0.25) is 17.5 Å². The van der Waals surface area contributed by atoms with E-state index in [0.717, 1.165) is 6.42 Å². The highest BCUT2D eigenvalue weighted by Crippen LogP contribution is 2.42. The second-order valence-electron chi connectivity index (χ2n) is 5.33. The van der Waals surface area contributed by atoms with E-state index in [0.29, 0.717) is 25.5 Å². The first-order valence-electron chi connectivity index (χ1n) is 7.60. The van der Waals surface area contributed by atoms with Crippen molar-refractivity contribution < 1.29 is 22.7 Å². The minimum absolute atomic E-state index is 0.0381. The first kappa shape index (κ1) is 20.4. The Morgan fingerprint density at radius 3 is 2.58 bits per heavy atom. The summed E-state index contributed by atoms with van der Waals surface area (Å²) in [6.07, 6.45) is -2.58. The number of aliphatic hydroxyl groups excluding tert-OH is 1. The Morgan fingerprint density at radius 2 is 1.96 bits per heavy atom. The van der Waals surface area contributed by atoms with E-state index < -0.39 is 16.8 Å². The lowest BCUT2D eigenvalue weighted by molar-refractivity contribution is -0.137. The lowest BCUT2D eigenvalue weighted by atomic mass is 10.1. The molecule has 0 aliphatic rings. The van der Waals surface area contributed by atoms with Crippen molar-refractivity contribution in [2.75, 3.05) is 18.5 Å². The van der Waals surface area contributed by atoms with Crippen LogP contribution in [0.2, 0.25) is 10.0 Å². The molecule has 0 saturated carbocycles. The van der Waals surface area contributed by atoms with Crippen LogP contribution in [0.25, 0.3) is 11.5 Å². The van der Waals surface area contributed by atoms with Gasteiger partial charge in [0.25, 0.3) is 0 Å². The van der Waals surface area contributed by atoms with Crippen LogP contribution in [0.5, 0.6) is 0 Å². The number of halogens is 5. The van der Waals surface area contributed by atoms with Crippen molar-refractivity contribution in [3.63, 3.8) is 0 Å². The fourth-order valence-electron chi connectivity index (χ4n) is 2.20. The van der Waals surface area contributed by atoms with Gasteiger partial charge in [0.15, 0.2) is 0 Å². The largest absolute Gasteiger partial charge is 0.419 e. The molecule has 0 saturated heterocycles. The van der Waals surface area contributed by atoms with Crippen LogP contribution in [-0.2, 0) is 6.18 Å². The summed E-state index contributed by atoms with van der Waals surface area (Å²) in [7, 11) is 0. The maximum absolute atomic E-state index is 13.1. The van der Waals surface area contributed by atoms with Crippen LogP contribution < -0.4 is 5.32 Å². The summed E-state index contributed by atoms with van der Waals surface area (Å²) < 4.78 is 44.6. The normalized spacial score (nSPS) is 11.4. The Balaban J connectivity index is 2.32. The van der Waals surface area contributed by atoms with E-state index in [1.165, 1.54) is 6.07 Å². The predicted molar refractivity (Wildman–Crippen MR) is 91.1 cm³/mol. The number of hydrogen-bond donors (Lipinski definition) is 2. The van der Waals surface area contributed by atoms with E-state index in [9.17, 15) is 13.2 Å². The van der Waals surface area contributed by atoms with Crippen LogP contribution in [0.4, 0.5) is 19.1 Å². The Labute approximate surface area is 157 Å². The molecule has 0 atom stereocenters. The molecule has 1 aromatic carbocycles. The van der Waals surface area contributed by atoms with Gasteiger partial charge in [-0.2, -0.15) is 23.4 Å². The lowest BCUT2D eigenvalue weighted by Gasteiger charge is -2.11. The molecule has 0 radical (unpaired) electrons. The number of hydrogen-bond acceptors (Lipinski definition) is 5. The molecule has 0 fully saturated rings. The van der Waals surface area contributed by atoms with Gasteiger partial charge >= 0.3 is 6.18 Å². The molecule has 0 amide bonds.